The molecule has 0 aliphatic heterocycles. The van der Waals surface area contributed by atoms with Crippen LogP contribution in [0, 0.1) is 0 Å². The van der Waals surface area contributed by atoms with Crippen LogP contribution in [0.2, 0.25) is 0 Å². The van der Waals surface area contributed by atoms with Crippen molar-refractivity contribution in [2.75, 3.05) is 0 Å². The Labute approximate surface area is 101 Å². The van der Waals surface area contributed by atoms with Gasteiger partial charge in [-0.25, -0.2) is 0 Å². The van der Waals surface area contributed by atoms with Gasteiger partial charge >= 0.3 is 0 Å². The quantitative estimate of drug-likeness (QED) is 0.818. The van der Waals surface area contributed by atoms with E-state index in [4.69, 9.17) is 5.73 Å². The fourth-order valence-electron chi connectivity index (χ4n) is 1.73. The number of fused-ring (bicyclic) bond motifs is 1. The lowest BCUT2D eigenvalue weighted by molar-refractivity contribution is 0.0978. The molecule has 0 saturated heterocycles. The Bertz CT molecular complexity index is 534. The lowest BCUT2D eigenvalue weighted by Crippen LogP contribution is -2.16. The van der Waals surface area contributed by atoms with Gasteiger partial charge in [0.15, 0.2) is 5.78 Å². The molecule has 1 aromatic carbocycles. The fraction of sp³-hybridized carbons (Fsp3) is 0.286. The number of carbonyl (C=O) groups is 1. The number of hydrogen-bond donors (Lipinski definition) is 1. The molecule has 0 fully saturated rings. The second kappa shape index (κ2) is 5.06. The molecule has 3 heteroatoms. The zero-order chi connectivity index (χ0) is 12.3. The number of para-hydroxylation sites is 1. The third-order valence-electron chi connectivity index (χ3n) is 2.74. The van der Waals surface area contributed by atoms with E-state index in [1.54, 1.807) is 6.20 Å². The van der Waals surface area contributed by atoms with Gasteiger partial charge in [-0.1, -0.05) is 18.2 Å². The summed E-state index contributed by atoms with van der Waals surface area (Å²) in [6.45, 7) is 1.91. The van der Waals surface area contributed by atoms with Crippen molar-refractivity contribution in [3.63, 3.8) is 0 Å². The largest absolute Gasteiger partial charge is 0.328 e. The minimum absolute atomic E-state index is 0.0624. The summed E-state index contributed by atoms with van der Waals surface area (Å²) < 4.78 is 0. The van der Waals surface area contributed by atoms with Crippen molar-refractivity contribution in [1.82, 2.24) is 4.98 Å². The zero-order valence-corrected chi connectivity index (χ0v) is 9.89. The normalized spacial score (nSPS) is 12.6. The molecule has 0 amide bonds. The molecule has 0 aliphatic carbocycles. The number of hydrogen-bond acceptors (Lipinski definition) is 3. The lowest BCUT2D eigenvalue weighted by atomic mass is 10.0. The number of nitrogens with zero attached hydrogens (tertiary/aromatic N) is 1. The first-order valence-corrected chi connectivity index (χ1v) is 5.80. The van der Waals surface area contributed by atoms with Crippen LogP contribution < -0.4 is 5.73 Å². The highest BCUT2D eigenvalue weighted by Crippen LogP contribution is 2.14. The van der Waals surface area contributed by atoms with Gasteiger partial charge in [-0.2, -0.15) is 0 Å². The molecule has 0 bridgehead atoms. The molecule has 1 heterocycles. The van der Waals surface area contributed by atoms with Crippen LogP contribution in [0.25, 0.3) is 10.9 Å². The van der Waals surface area contributed by atoms with Crippen molar-refractivity contribution in [1.29, 1.82) is 0 Å². The number of benzene rings is 1. The van der Waals surface area contributed by atoms with Crippen molar-refractivity contribution >= 4 is 16.7 Å². The van der Waals surface area contributed by atoms with Crippen LogP contribution >= 0.6 is 0 Å². The van der Waals surface area contributed by atoms with E-state index >= 15 is 0 Å². The highest BCUT2D eigenvalue weighted by atomic mass is 16.1. The van der Waals surface area contributed by atoms with Crippen LogP contribution in [0.3, 0.4) is 0 Å². The average Bonchev–Trinajstić information content (AvgIpc) is 2.35. The van der Waals surface area contributed by atoms with Crippen LogP contribution in [-0.4, -0.2) is 16.8 Å². The molecular formula is C14H16N2O. The van der Waals surface area contributed by atoms with Crippen LogP contribution in [0.15, 0.2) is 36.5 Å². The summed E-state index contributed by atoms with van der Waals surface area (Å²) in [6, 6.07) is 9.74. The first-order valence-electron chi connectivity index (χ1n) is 5.80. The molecule has 0 saturated carbocycles. The smallest absolute Gasteiger partial charge is 0.164 e. The van der Waals surface area contributed by atoms with Crippen LogP contribution in [0.5, 0.6) is 0 Å². The van der Waals surface area contributed by atoms with Crippen molar-refractivity contribution in [3.8, 4) is 0 Å². The van der Waals surface area contributed by atoms with Gasteiger partial charge in [0.05, 0.1) is 5.52 Å². The molecule has 0 aliphatic rings. The number of aromatic nitrogens is 1. The highest BCUT2D eigenvalue weighted by Gasteiger charge is 2.08. The van der Waals surface area contributed by atoms with Crippen LogP contribution in [-0.2, 0) is 0 Å². The van der Waals surface area contributed by atoms with Gasteiger partial charge < -0.3 is 5.73 Å². The van der Waals surface area contributed by atoms with Gasteiger partial charge in [0.1, 0.15) is 0 Å². The van der Waals surface area contributed by atoms with Gasteiger partial charge in [0.2, 0.25) is 0 Å². The van der Waals surface area contributed by atoms with Crippen molar-refractivity contribution < 1.29 is 4.79 Å². The Balaban J connectivity index is 2.21. The maximum absolute atomic E-state index is 11.9. The number of pyridine rings is 1. The average molecular weight is 228 g/mol. The Morgan fingerprint density at radius 2 is 2.18 bits per heavy atom. The van der Waals surface area contributed by atoms with Crippen molar-refractivity contribution in [2.24, 2.45) is 5.73 Å². The Hall–Kier alpha value is -1.74. The zero-order valence-electron chi connectivity index (χ0n) is 9.89. The second-order valence-electron chi connectivity index (χ2n) is 4.36. The van der Waals surface area contributed by atoms with E-state index < -0.39 is 0 Å². The molecule has 3 nitrogen and oxygen atoms in total. The van der Waals surface area contributed by atoms with Gasteiger partial charge in [-0.05, 0) is 25.5 Å². The van der Waals surface area contributed by atoms with Crippen LogP contribution in [0.4, 0.5) is 0 Å². The van der Waals surface area contributed by atoms with Gasteiger partial charge in [-0.3, -0.25) is 9.78 Å². The summed E-state index contributed by atoms with van der Waals surface area (Å²) in [5.74, 6) is 0.112. The maximum atomic E-state index is 11.9. The monoisotopic (exact) mass is 228 g/mol. The van der Waals surface area contributed by atoms with E-state index in [0.29, 0.717) is 18.4 Å². The van der Waals surface area contributed by atoms with E-state index in [0.717, 1.165) is 10.9 Å². The third kappa shape index (κ3) is 2.88. The molecule has 1 aromatic heterocycles. The maximum Gasteiger partial charge on any atom is 0.164 e. The second-order valence-corrected chi connectivity index (χ2v) is 4.36. The molecule has 17 heavy (non-hydrogen) atoms. The summed E-state index contributed by atoms with van der Waals surface area (Å²) in [6.07, 6.45) is 2.84. The third-order valence-corrected chi connectivity index (χ3v) is 2.74. The molecule has 1 unspecified atom stereocenters. The first kappa shape index (κ1) is 11.7. The molecule has 1 atom stereocenters. The summed E-state index contributed by atoms with van der Waals surface area (Å²) in [7, 11) is 0. The topological polar surface area (TPSA) is 56.0 Å². The van der Waals surface area contributed by atoms with Crippen LogP contribution in [0.1, 0.15) is 30.1 Å². The van der Waals surface area contributed by atoms with E-state index in [-0.39, 0.29) is 11.8 Å². The van der Waals surface area contributed by atoms with Gasteiger partial charge in [0.25, 0.3) is 0 Å². The first-order chi connectivity index (χ1) is 8.16. The Morgan fingerprint density at radius 1 is 1.41 bits per heavy atom. The predicted octanol–water partition coefficient (Wildman–Crippen LogP) is 2.54. The van der Waals surface area contributed by atoms with E-state index in [9.17, 15) is 4.79 Å². The number of Topliss-reactive ketones (excluding diaryl/α,β-unsaturated/α-hetero) is 1. The van der Waals surface area contributed by atoms with E-state index in [1.807, 2.05) is 37.3 Å². The number of ketones is 1. The Kier molecular flexibility index (Phi) is 3.49. The summed E-state index contributed by atoms with van der Waals surface area (Å²) >= 11 is 0. The van der Waals surface area contributed by atoms with Gasteiger partial charge in [0, 0.05) is 29.6 Å². The SMILES string of the molecule is CC(N)CCC(=O)c1cnc2ccccc2c1. The minimum Gasteiger partial charge on any atom is -0.328 e. The fourth-order valence-corrected chi connectivity index (χ4v) is 1.73. The number of carbonyl (C=O) groups excluding carboxylic acids is 1. The molecular weight excluding hydrogens is 212 g/mol. The minimum atomic E-state index is 0.0624. The standard InChI is InChI=1S/C14H16N2O/c1-10(15)6-7-14(17)12-8-11-4-2-3-5-13(11)16-9-12/h2-5,8-10H,6-7,15H2,1H3. The predicted molar refractivity (Wildman–Crippen MR) is 69.0 cm³/mol. The van der Waals surface area contributed by atoms with Gasteiger partial charge in [-0.15, -0.1) is 0 Å². The molecule has 0 radical (unpaired) electrons. The molecule has 2 N–H and O–H groups in total. The summed E-state index contributed by atoms with van der Waals surface area (Å²) in [5.41, 5.74) is 7.23. The lowest BCUT2D eigenvalue weighted by Gasteiger charge is -2.05. The molecule has 2 aromatic rings. The summed E-state index contributed by atoms with van der Waals surface area (Å²) in [5, 5.41) is 0.999. The van der Waals surface area contributed by atoms with E-state index in [2.05, 4.69) is 4.98 Å². The summed E-state index contributed by atoms with van der Waals surface area (Å²) in [4.78, 5) is 16.2. The molecule has 0 spiro atoms. The molecule has 2 rings (SSSR count). The Morgan fingerprint density at radius 3 is 2.94 bits per heavy atom. The van der Waals surface area contributed by atoms with E-state index in [1.165, 1.54) is 0 Å². The number of nitrogens with two attached hydrogens (primary N) is 1. The highest BCUT2D eigenvalue weighted by molar-refractivity contribution is 5.98. The van der Waals surface area contributed by atoms with Crippen molar-refractivity contribution in [2.45, 2.75) is 25.8 Å². The number of rotatable bonds is 4. The molecule has 88 valence electrons. The van der Waals surface area contributed by atoms with Crippen molar-refractivity contribution in [3.05, 3.63) is 42.1 Å².